The lowest BCUT2D eigenvalue weighted by atomic mass is 9.67. The smallest absolute Gasteiger partial charge is 0.306 e. The van der Waals surface area contributed by atoms with E-state index in [1.807, 2.05) is 0 Å². The number of esters is 2. The Bertz CT molecular complexity index is 2570. The Morgan fingerprint density at radius 1 is 0.386 bits per heavy atom. The van der Waals surface area contributed by atoms with Gasteiger partial charge in [-0.25, -0.2) is 0 Å². The van der Waals surface area contributed by atoms with Gasteiger partial charge in [-0.05, 0) is 167 Å². The number of rotatable bonds is 40. The number of hydrogen-bond donors (Lipinski definition) is 0. The molecule has 2 unspecified atom stereocenters. The molecule has 0 heterocycles. The van der Waals surface area contributed by atoms with Crippen molar-refractivity contribution in [3.63, 3.8) is 0 Å². The van der Waals surface area contributed by atoms with Crippen LogP contribution in [0.5, 0.6) is 0 Å². The molecule has 476 valence electrons. The molecule has 0 fully saturated rings. The van der Waals surface area contributed by atoms with Crippen LogP contribution in [0.3, 0.4) is 0 Å². The Morgan fingerprint density at radius 3 is 0.909 bits per heavy atom. The summed E-state index contributed by atoms with van der Waals surface area (Å²) in [5.74, 6) is 0.249. The van der Waals surface area contributed by atoms with Gasteiger partial charge in [-0.3, -0.25) is 9.59 Å². The average molecular weight is 1190 g/mol. The summed E-state index contributed by atoms with van der Waals surface area (Å²) in [5.41, 5.74) is 7.07. The van der Waals surface area contributed by atoms with Crippen molar-refractivity contribution in [2.24, 2.45) is 22.7 Å². The van der Waals surface area contributed by atoms with Crippen LogP contribution in [0.25, 0.3) is 0 Å². The maximum Gasteiger partial charge on any atom is 0.306 e. The largest absolute Gasteiger partial charge is 0.458 e. The van der Waals surface area contributed by atoms with Crippen LogP contribution in [0.1, 0.15) is 199 Å². The lowest BCUT2D eigenvalue weighted by molar-refractivity contribution is -0.149. The summed E-state index contributed by atoms with van der Waals surface area (Å²) in [6, 6.07) is 0. The zero-order valence-electron chi connectivity index (χ0n) is 56.8. The minimum Gasteiger partial charge on any atom is -0.458 e. The second kappa shape index (κ2) is 48.9. The molecular weight excluding hydrogens is 1070 g/mol. The molecule has 0 N–H and O–H groups in total. The highest BCUT2D eigenvalue weighted by atomic mass is 16.5. The number of allylic oxidation sites excluding steroid dienone is 44. The molecule has 2 aliphatic carbocycles. The summed E-state index contributed by atoms with van der Waals surface area (Å²) >= 11 is 0. The Hall–Kier alpha value is -7.04. The zero-order chi connectivity index (χ0) is 64.4. The molecule has 0 bridgehead atoms. The van der Waals surface area contributed by atoms with E-state index < -0.39 is 0 Å². The summed E-state index contributed by atoms with van der Waals surface area (Å²) in [6.07, 6.45) is 102. The first-order valence-corrected chi connectivity index (χ1v) is 33.1. The van der Waals surface area contributed by atoms with Gasteiger partial charge in [0.2, 0.25) is 0 Å². The molecule has 2 rings (SSSR count). The fourth-order valence-electron chi connectivity index (χ4n) is 10.4. The van der Waals surface area contributed by atoms with Gasteiger partial charge in [-0.2, -0.15) is 0 Å². The van der Waals surface area contributed by atoms with Gasteiger partial charge in [-0.15, -0.1) is 0 Å². The quantitative estimate of drug-likeness (QED) is 0.0349. The van der Waals surface area contributed by atoms with Gasteiger partial charge in [0, 0.05) is 24.7 Å². The monoisotopic (exact) mass is 1190 g/mol. The zero-order valence-corrected chi connectivity index (χ0v) is 56.8. The van der Waals surface area contributed by atoms with E-state index >= 15 is 0 Å². The first-order valence-electron chi connectivity index (χ1n) is 33.1. The van der Waals surface area contributed by atoms with Crippen molar-refractivity contribution < 1.29 is 19.1 Å². The van der Waals surface area contributed by atoms with E-state index in [1.165, 1.54) is 22.3 Å². The molecule has 0 amide bonds. The second-order valence-corrected chi connectivity index (χ2v) is 24.6. The highest BCUT2D eigenvalue weighted by molar-refractivity contribution is 5.70. The standard InChI is InChI=1S/C84H116O4/c1-13-15-17-19-21-23-25-27-29-31-33-35-37-39-41-43-45-47-49-61-81(85)87-77-67-75(7)79(83(9,10)69-77)65-63-73(5)59-53-57-71(3)55-51-52-56-72(4)58-54-60-74(6)64-66-80-76(8)68-78(70-84(80,11)12)88-82(86)62-50-48-46-44-42-40-38-36-34-32-30-28-26-24-22-20-18-16-14-2/h15-18,21-24,27-30,33-36,39-42,45-48,51-60,63-68,77-80H,13-14,19-20,25-26,31-32,37-38,43-44,49-50,61-62,69-70H2,1-12H3/b17-15-,18-16-,23-21-,24-22-,29-27-,30-28-,35-33-,36-34-,41-39-,42-40-,47-45-,48-46-,52-51+,57-53+,58-54+,65-63+,66-64+,71-55+,72-56+,73-59+,74-60+/t77?,78?,79-,80-/m0/s1. The van der Waals surface area contributed by atoms with Crippen molar-refractivity contribution in [1.29, 1.82) is 0 Å². The van der Waals surface area contributed by atoms with Crippen LogP contribution in [0.15, 0.2) is 276 Å². The van der Waals surface area contributed by atoms with Crippen LogP contribution in [-0.4, -0.2) is 24.1 Å². The molecule has 0 aromatic rings. The Balaban J connectivity index is 1.73. The van der Waals surface area contributed by atoms with Crippen LogP contribution >= 0.6 is 0 Å². The molecule has 0 aliphatic heterocycles. The minimum absolute atomic E-state index is 0.0468. The van der Waals surface area contributed by atoms with E-state index in [4.69, 9.17) is 9.47 Å². The van der Waals surface area contributed by atoms with Gasteiger partial charge >= 0.3 is 11.9 Å². The number of ether oxygens (including phenoxy) is 2. The molecule has 88 heavy (non-hydrogen) atoms. The third-order valence-corrected chi connectivity index (χ3v) is 15.2. The molecule has 0 saturated carbocycles. The SMILES string of the molecule is CC/C=C\C/C=C\C/C=C\C/C=C\C/C=C\C/C=C\CCC(=O)OC1C=C(C)[C@H](/C=C/C(C)=C/C=C/C(C)=C/C=C/C=C(C)/C=C/C=C(C)/C=C/[C@H]2C(C)=CC(OC(=O)CC/C=C\C/C=C\C/C=C\C/C=C\C/C=C\C/C=C\CC)CC2(C)C)C(C)(C)C1. The van der Waals surface area contributed by atoms with E-state index in [0.717, 1.165) is 101 Å². The van der Waals surface area contributed by atoms with Crippen molar-refractivity contribution in [2.75, 3.05) is 0 Å². The molecule has 0 spiro atoms. The number of carbonyl (C=O) groups is 2. The van der Waals surface area contributed by atoms with E-state index in [9.17, 15) is 9.59 Å². The van der Waals surface area contributed by atoms with Gasteiger partial charge in [-0.1, -0.05) is 306 Å². The van der Waals surface area contributed by atoms with Crippen molar-refractivity contribution in [2.45, 2.75) is 211 Å². The summed E-state index contributed by atoms with van der Waals surface area (Å²) in [7, 11) is 0. The van der Waals surface area contributed by atoms with Gasteiger partial charge in [0.05, 0.1) is 0 Å². The third kappa shape index (κ3) is 39.7. The van der Waals surface area contributed by atoms with Gasteiger partial charge in [0.1, 0.15) is 12.2 Å². The maximum atomic E-state index is 12.8. The van der Waals surface area contributed by atoms with Crippen molar-refractivity contribution >= 4 is 11.9 Å². The molecule has 2 aliphatic rings. The Labute approximate surface area is 538 Å². The van der Waals surface area contributed by atoms with Crippen LogP contribution in [0.2, 0.25) is 0 Å². The van der Waals surface area contributed by atoms with Crippen LogP contribution in [-0.2, 0) is 19.1 Å². The normalized spacial score (nSPS) is 20.6. The summed E-state index contributed by atoms with van der Waals surface area (Å²) in [4.78, 5) is 25.6. The first kappa shape index (κ1) is 77.1. The summed E-state index contributed by atoms with van der Waals surface area (Å²) in [5, 5.41) is 0. The fraction of sp³-hybridized carbons (Fsp3) is 0.429. The molecule has 4 nitrogen and oxygen atoms in total. The Morgan fingerprint density at radius 2 is 0.636 bits per heavy atom. The van der Waals surface area contributed by atoms with Crippen LogP contribution < -0.4 is 0 Å². The predicted molar refractivity (Wildman–Crippen MR) is 387 cm³/mol. The van der Waals surface area contributed by atoms with Gasteiger partial charge in [0.15, 0.2) is 0 Å². The number of hydrogen-bond acceptors (Lipinski definition) is 4. The van der Waals surface area contributed by atoms with E-state index in [-0.39, 0.29) is 46.8 Å². The third-order valence-electron chi connectivity index (χ3n) is 15.2. The molecule has 0 saturated heterocycles. The molecule has 4 atom stereocenters. The predicted octanol–water partition coefficient (Wildman–Crippen LogP) is 24.3. The van der Waals surface area contributed by atoms with Gasteiger partial charge < -0.3 is 9.47 Å². The summed E-state index contributed by atoms with van der Waals surface area (Å²) in [6.45, 7) is 26.2. The maximum absolute atomic E-state index is 12.8. The van der Waals surface area contributed by atoms with E-state index in [2.05, 4.69) is 326 Å². The lowest BCUT2D eigenvalue weighted by Crippen LogP contribution is -2.34. The molecular formula is C84H116O4. The lowest BCUT2D eigenvalue weighted by Gasteiger charge is -2.40. The first-order chi connectivity index (χ1) is 42.5. The molecule has 0 aromatic heterocycles. The second-order valence-electron chi connectivity index (χ2n) is 24.6. The van der Waals surface area contributed by atoms with Gasteiger partial charge in [0.25, 0.3) is 0 Å². The molecule has 0 radical (unpaired) electrons. The summed E-state index contributed by atoms with van der Waals surface area (Å²) < 4.78 is 11.9. The van der Waals surface area contributed by atoms with Crippen molar-refractivity contribution in [1.82, 2.24) is 0 Å². The molecule has 4 heteroatoms. The van der Waals surface area contributed by atoms with Crippen LogP contribution in [0, 0.1) is 22.7 Å². The average Bonchev–Trinajstić information content (AvgIpc) is 2.49. The molecule has 0 aromatic carbocycles. The van der Waals surface area contributed by atoms with E-state index in [0.29, 0.717) is 25.7 Å². The minimum atomic E-state index is -0.200. The van der Waals surface area contributed by atoms with E-state index in [1.54, 1.807) is 0 Å². The van der Waals surface area contributed by atoms with Crippen molar-refractivity contribution in [3.05, 3.63) is 276 Å². The fourth-order valence-corrected chi connectivity index (χ4v) is 10.4. The topological polar surface area (TPSA) is 52.6 Å². The highest BCUT2D eigenvalue weighted by Gasteiger charge is 2.37. The number of carbonyl (C=O) groups excluding carboxylic acids is 2. The van der Waals surface area contributed by atoms with Crippen molar-refractivity contribution in [3.8, 4) is 0 Å². The highest BCUT2D eigenvalue weighted by Crippen LogP contribution is 2.44. The van der Waals surface area contributed by atoms with Crippen LogP contribution in [0.4, 0.5) is 0 Å². The Kier molecular flexibility index (Phi) is 42.8.